The van der Waals surface area contributed by atoms with Gasteiger partial charge >= 0.3 is 0 Å². The van der Waals surface area contributed by atoms with Crippen LogP contribution in [0.1, 0.15) is 13.8 Å². The lowest BCUT2D eigenvalue weighted by Crippen LogP contribution is -2.27. The molecule has 14 heavy (non-hydrogen) atoms. The van der Waals surface area contributed by atoms with Crippen LogP contribution in [0.4, 0.5) is 5.69 Å². The van der Waals surface area contributed by atoms with Gasteiger partial charge in [0.2, 0.25) is 0 Å². The van der Waals surface area contributed by atoms with Crippen molar-refractivity contribution in [2.24, 2.45) is 10.4 Å². The third kappa shape index (κ3) is 2.51. The Morgan fingerprint density at radius 1 is 1.50 bits per heavy atom. The number of nitrogens with zero attached hydrogens (tertiary/aromatic N) is 1. The van der Waals surface area contributed by atoms with Gasteiger partial charge in [-0.05, 0) is 16.9 Å². The Labute approximate surface area is 92.8 Å². The van der Waals surface area contributed by atoms with Gasteiger partial charge in [-0.25, -0.2) is 0 Å². The normalized spacial score (nSPS) is 20.3. The van der Waals surface area contributed by atoms with E-state index in [0.29, 0.717) is 5.41 Å². The van der Waals surface area contributed by atoms with Crippen molar-refractivity contribution in [3.8, 4) is 0 Å². The van der Waals surface area contributed by atoms with Gasteiger partial charge in [-0.3, -0.25) is 4.99 Å². The first-order valence-electron chi connectivity index (χ1n) is 4.62. The molecular weight excluding hydrogens is 212 g/mol. The summed E-state index contributed by atoms with van der Waals surface area (Å²) in [6, 6.07) is 2.08. The van der Waals surface area contributed by atoms with E-state index in [4.69, 9.17) is 0 Å². The lowest BCUT2D eigenvalue weighted by molar-refractivity contribution is 0.438. The molecule has 0 aromatic carbocycles. The van der Waals surface area contributed by atoms with Gasteiger partial charge in [0.1, 0.15) is 0 Å². The monoisotopic (exact) mass is 226 g/mol. The molecule has 0 fully saturated rings. The van der Waals surface area contributed by atoms with Gasteiger partial charge in [-0.1, -0.05) is 25.6 Å². The number of aliphatic imine (C=N–C) groups is 1. The van der Waals surface area contributed by atoms with Crippen molar-refractivity contribution in [2.45, 2.75) is 13.8 Å². The van der Waals surface area contributed by atoms with Gasteiger partial charge in [-0.15, -0.1) is 0 Å². The zero-order chi connectivity index (χ0) is 10.0. The third-order valence-electron chi connectivity index (χ3n) is 2.02. The number of rotatable bonds is 1. The first kappa shape index (κ1) is 10.1. The molecule has 1 aliphatic heterocycles. The Morgan fingerprint density at radius 3 is 2.93 bits per heavy atom. The quantitative estimate of drug-likeness (QED) is 0.794. The molecule has 4 heteroatoms. The zero-order valence-electron chi connectivity index (χ0n) is 8.41. The van der Waals surface area contributed by atoms with E-state index < -0.39 is 0 Å². The molecule has 0 saturated carbocycles. The topological polar surface area (TPSA) is 24.4 Å². The van der Waals surface area contributed by atoms with Crippen molar-refractivity contribution < 1.29 is 0 Å². The second-order valence-electron chi connectivity index (χ2n) is 4.21. The second kappa shape index (κ2) is 3.95. The molecule has 76 valence electrons. The molecule has 1 aromatic heterocycles. The molecule has 1 aromatic rings. The highest BCUT2D eigenvalue weighted by atomic mass is 32.2. The largest absolute Gasteiger partial charge is 0.334 e. The summed E-state index contributed by atoms with van der Waals surface area (Å²) in [5, 5.41) is 8.55. The molecule has 0 amide bonds. The van der Waals surface area contributed by atoms with Crippen LogP contribution in [0.15, 0.2) is 21.8 Å². The number of nitrogens with one attached hydrogen (secondary N) is 1. The lowest BCUT2D eigenvalue weighted by atomic mass is 9.97. The van der Waals surface area contributed by atoms with Crippen molar-refractivity contribution >= 4 is 34.0 Å². The average molecular weight is 226 g/mol. The molecule has 0 bridgehead atoms. The van der Waals surface area contributed by atoms with Crippen LogP contribution in [0.2, 0.25) is 0 Å². The van der Waals surface area contributed by atoms with Crippen LogP contribution in [0.25, 0.3) is 0 Å². The van der Waals surface area contributed by atoms with Gasteiger partial charge in [0, 0.05) is 17.7 Å². The maximum Gasteiger partial charge on any atom is 0.161 e. The van der Waals surface area contributed by atoms with Crippen LogP contribution in [0, 0.1) is 5.41 Å². The molecule has 2 rings (SSSR count). The summed E-state index contributed by atoms with van der Waals surface area (Å²) >= 11 is 3.51. The highest BCUT2D eigenvalue weighted by molar-refractivity contribution is 8.14. The molecular formula is C10H14N2S2. The van der Waals surface area contributed by atoms with Crippen LogP contribution < -0.4 is 5.32 Å². The fourth-order valence-corrected chi connectivity index (χ4v) is 2.73. The van der Waals surface area contributed by atoms with Gasteiger partial charge in [0.25, 0.3) is 0 Å². The first-order chi connectivity index (χ1) is 6.66. The highest BCUT2D eigenvalue weighted by Gasteiger charge is 2.23. The van der Waals surface area contributed by atoms with Crippen LogP contribution in [0.3, 0.4) is 0 Å². The molecule has 0 aliphatic carbocycles. The van der Waals surface area contributed by atoms with Crippen LogP contribution in [0.5, 0.6) is 0 Å². The number of thiophene rings is 1. The average Bonchev–Trinajstić information content (AvgIpc) is 2.61. The highest BCUT2D eigenvalue weighted by Crippen LogP contribution is 2.28. The summed E-state index contributed by atoms with van der Waals surface area (Å²) in [6.07, 6.45) is 0. The molecule has 1 N–H and O–H groups in total. The van der Waals surface area contributed by atoms with Crippen molar-refractivity contribution in [3.63, 3.8) is 0 Å². The minimum absolute atomic E-state index is 0.352. The Morgan fingerprint density at radius 2 is 2.36 bits per heavy atom. The first-order valence-corrected chi connectivity index (χ1v) is 6.55. The Hall–Kier alpha value is -0.480. The molecule has 0 atom stereocenters. The molecule has 0 spiro atoms. The summed E-state index contributed by atoms with van der Waals surface area (Å²) in [5.74, 6) is 1.14. The van der Waals surface area contributed by atoms with Crippen molar-refractivity contribution in [2.75, 3.05) is 17.6 Å². The lowest BCUT2D eigenvalue weighted by Gasteiger charge is -2.27. The number of hydrogen-bond donors (Lipinski definition) is 1. The summed E-state index contributed by atoms with van der Waals surface area (Å²) in [6.45, 7) is 5.43. The smallest absolute Gasteiger partial charge is 0.161 e. The van der Waals surface area contributed by atoms with E-state index in [-0.39, 0.29) is 0 Å². The minimum atomic E-state index is 0.352. The van der Waals surface area contributed by atoms with Gasteiger partial charge in [0.15, 0.2) is 5.17 Å². The molecule has 0 radical (unpaired) electrons. The zero-order valence-corrected chi connectivity index (χ0v) is 10.0. The van der Waals surface area contributed by atoms with Crippen LogP contribution in [-0.4, -0.2) is 17.5 Å². The summed E-state index contributed by atoms with van der Waals surface area (Å²) in [7, 11) is 0. The molecule has 0 unspecified atom stereocenters. The predicted molar refractivity (Wildman–Crippen MR) is 66.5 cm³/mol. The number of amidine groups is 1. The summed E-state index contributed by atoms with van der Waals surface area (Å²) in [5.41, 5.74) is 1.51. The van der Waals surface area contributed by atoms with Crippen molar-refractivity contribution in [1.29, 1.82) is 0 Å². The SMILES string of the molecule is CC1(C)CN=C(Nc2ccsc2)SC1. The number of hydrogen-bond acceptors (Lipinski definition) is 4. The fourth-order valence-electron chi connectivity index (χ4n) is 1.18. The van der Waals surface area contributed by atoms with E-state index in [0.717, 1.165) is 23.2 Å². The molecule has 2 nitrogen and oxygen atoms in total. The van der Waals surface area contributed by atoms with Crippen molar-refractivity contribution in [3.05, 3.63) is 16.8 Å². The summed E-state index contributed by atoms with van der Waals surface area (Å²) < 4.78 is 0. The van der Waals surface area contributed by atoms with Crippen LogP contribution in [-0.2, 0) is 0 Å². The molecule has 2 heterocycles. The maximum atomic E-state index is 4.53. The van der Waals surface area contributed by atoms with E-state index in [1.54, 1.807) is 11.3 Å². The predicted octanol–water partition coefficient (Wildman–Crippen LogP) is 3.29. The van der Waals surface area contributed by atoms with Gasteiger partial charge < -0.3 is 5.32 Å². The maximum absolute atomic E-state index is 4.53. The number of thioether (sulfide) groups is 1. The minimum Gasteiger partial charge on any atom is -0.334 e. The van der Waals surface area contributed by atoms with E-state index >= 15 is 0 Å². The van der Waals surface area contributed by atoms with E-state index in [9.17, 15) is 0 Å². The van der Waals surface area contributed by atoms with E-state index in [2.05, 4.69) is 41.0 Å². The van der Waals surface area contributed by atoms with Crippen LogP contribution >= 0.6 is 23.1 Å². The van der Waals surface area contributed by atoms with Gasteiger partial charge in [-0.2, -0.15) is 11.3 Å². The van der Waals surface area contributed by atoms with Crippen molar-refractivity contribution in [1.82, 2.24) is 0 Å². The van der Waals surface area contributed by atoms with E-state index in [1.165, 1.54) is 0 Å². The second-order valence-corrected chi connectivity index (χ2v) is 5.96. The molecule has 1 aliphatic rings. The Balaban J connectivity index is 1.98. The summed E-state index contributed by atoms with van der Waals surface area (Å²) in [4.78, 5) is 4.53. The Bertz CT molecular complexity index is 328. The number of anilines is 1. The van der Waals surface area contributed by atoms with Gasteiger partial charge in [0.05, 0.1) is 5.69 Å². The third-order valence-corrected chi connectivity index (χ3v) is 4.14. The van der Waals surface area contributed by atoms with E-state index in [1.807, 2.05) is 11.8 Å². The molecule has 0 saturated heterocycles. The Kier molecular flexibility index (Phi) is 2.83. The fraction of sp³-hybridized carbons (Fsp3) is 0.500. The standard InChI is InChI=1S/C10H14N2S2/c1-10(2)6-11-9(14-7-10)12-8-3-4-13-5-8/h3-5H,6-7H2,1-2H3,(H,11,12).